The van der Waals surface area contributed by atoms with Crippen LogP contribution >= 0.6 is 0 Å². The predicted octanol–water partition coefficient (Wildman–Crippen LogP) is 22.0. The van der Waals surface area contributed by atoms with Gasteiger partial charge in [-0.1, -0.05) is 210 Å². The van der Waals surface area contributed by atoms with Crippen molar-refractivity contribution in [3.05, 3.63) is 285 Å². The molecule has 0 saturated carbocycles. The van der Waals surface area contributed by atoms with Gasteiger partial charge in [-0.25, -0.2) is 0 Å². The molecule has 84 heavy (non-hydrogen) atoms. The van der Waals surface area contributed by atoms with E-state index in [1.807, 2.05) is 0 Å². The van der Waals surface area contributed by atoms with E-state index in [1.165, 1.54) is 217 Å². The van der Waals surface area contributed by atoms with E-state index in [0.717, 1.165) is 12.8 Å². The summed E-state index contributed by atoms with van der Waals surface area (Å²) in [5.41, 5.74) is 33.3. The van der Waals surface area contributed by atoms with Crippen LogP contribution in [-0.2, 0) is 41.9 Å². The summed E-state index contributed by atoms with van der Waals surface area (Å²) in [7, 11) is 0. The van der Waals surface area contributed by atoms with Gasteiger partial charge in [-0.2, -0.15) is 0 Å². The van der Waals surface area contributed by atoms with Crippen molar-refractivity contribution in [3.8, 4) is 33.4 Å². The van der Waals surface area contributed by atoms with Crippen molar-refractivity contribution in [1.29, 1.82) is 0 Å². The first-order chi connectivity index (χ1) is 41.2. The van der Waals surface area contributed by atoms with E-state index in [1.54, 1.807) is 0 Å². The van der Waals surface area contributed by atoms with Crippen LogP contribution in [0.1, 0.15) is 164 Å². The van der Waals surface area contributed by atoms with Gasteiger partial charge >= 0.3 is 0 Å². The summed E-state index contributed by atoms with van der Waals surface area (Å²) in [5, 5.41) is 0. The summed E-state index contributed by atoms with van der Waals surface area (Å²) in [5.74, 6) is 0. The lowest BCUT2D eigenvalue weighted by molar-refractivity contribution is 0.401. The number of rotatable bonds is 18. The fourth-order valence-electron chi connectivity index (χ4n) is 16.2. The van der Waals surface area contributed by atoms with Crippen LogP contribution in [0.4, 0.5) is 34.1 Å². The van der Waals surface area contributed by atoms with Crippen LogP contribution < -0.4 is 9.80 Å². The van der Waals surface area contributed by atoms with Crippen molar-refractivity contribution < 1.29 is 0 Å². The minimum Gasteiger partial charge on any atom is -0.310 e. The number of hydrogen-bond acceptors (Lipinski definition) is 2. The first kappa shape index (κ1) is 52.6. The molecule has 0 N–H and O–H groups in total. The molecule has 0 spiro atoms. The van der Waals surface area contributed by atoms with Crippen LogP contribution in [0.15, 0.2) is 212 Å². The summed E-state index contributed by atoms with van der Waals surface area (Å²) < 4.78 is 0. The molecule has 0 fully saturated rings. The maximum Gasteiger partial charge on any atom is 0.0468 e. The number of nitrogens with zero attached hydrogens (tertiary/aromatic N) is 2. The number of hydrogen-bond donors (Lipinski definition) is 0. The number of benzene rings is 10. The van der Waals surface area contributed by atoms with Gasteiger partial charge in [0.2, 0.25) is 0 Å². The third-order valence-electron chi connectivity index (χ3n) is 21.1. The van der Waals surface area contributed by atoms with Crippen LogP contribution in [0.2, 0.25) is 0 Å². The first-order valence-corrected chi connectivity index (χ1v) is 31.9. The van der Waals surface area contributed by atoms with Gasteiger partial charge in [-0.3, -0.25) is 0 Å². The number of unbranched alkanes of at least 4 members (excludes halogenated alkanes) is 6. The fraction of sp³-hybridized carbons (Fsp3) is 0.268. The highest BCUT2D eigenvalue weighted by Crippen LogP contribution is 2.60. The predicted molar refractivity (Wildman–Crippen MR) is 354 cm³/mol. The van der Waals surface area contributed by atoms with Crippen molar-refractivity contribution >= 4 is 34.1 Å². The molecule has 0 heterocycles. The molecule has 10 aromatic carbocycles. The smallest absolute Gasteiger partial charge is 0.0468 e. The highest BCUT2D eigenvalue weighted by Gasteiger charge is 2.46. The standard InChI is InChI=1S/C82H78N2/c1-6-8-10-19-47-82(48-20-11-9-7-2)78-53-66(83(62-21-13-12-14-22-62)64-42-46-76-73(51-64)69-24-16-18-26-75(69)80(76,4)60-35-33-56-29-31-58(56)49-60)40-44-71(78)72-45-41-67(54-79(72)82)84(63-37-27-55(3)28-38-63)65-39-43-70-68-23-15-17-25-74(68)81(5,77(70)52-65)61-36-34-57-30-32-59(57)50-61/h12-18,21-28,33-46,49-54H,6-11,19-20,29-32,47-48H2,1-5H3. The largest absolute Gasteiger partial charge is 0.310 e. The normalized spacial score (nSPS) is 17.6. The van der Waals surface area contributed by atoms with Crippen molar-refractivity contribution in [2.75, 3.05) is 9.80 Å². The van der Waals surface area contributed by atoms with E-state index >= 15 is 0 Å². The third kappa shape index (κ3) is 8.25. The lowest BCUT2D eigenvalue weighted by Crippen LogP contribution is -2.26. The molecule has 0 bridgehead atoms. The lowest BCUT2D eigenvalue weighted by Gasteiger charge is -2.35. The van der Waals surface area contributed by atoms with E-state index in [-0.39, 0.29) is 16.2 Å². The highest BCUT2D eigenvalue weighted by molar-refractivity contribution is 5.93. The zero-order valence-corrected chi connectivity index (χ0v) is 50.0. The average Bonchev–Trinajstić information content (AvgIpc) is 2.36. The second kappa shape index (κ2) is 20.8. The number of fused-ring (bicyclic) bond motifs is 11. The van der Waals surface area contributed by atoms with Gasteiger partial charge in [0.05, 0.1) is 0 Å². The molecule has 10 aromatic rings. The van der Waals surface area contributed by atoms with Crippen molar-refractivity contribution in [3.63, 3.8) is 0 Å². The molecule has 0 radical (unpaired) electrons. The zero-order chi connectivity index (χ0) is 56.7. The maximum atomic E-state index is 2.65. The molecular formula is C82H78N2. The van der Waals surface area contributed by atoms with Crippen LogP contribution in [0, 0.1) is 6.92 Å². The van der Waals surface area contributed by atoms with Gasteiger partial charge < -0.3 is 9.80 Å². The van der Waals surface area contributed by atoms with Crippen molar-refractivity contribution in [1.82, 2.24) is 0 Å². The summed E-state index contributed by atoms with van der Waals surface area (Å²) in [6, 6.07) is 83.4. The molecule has 0 aromatic heterocycles. The van der Waals surface area contributed by atoms with Crippen LogP contribution in [0.5, 0.6) is 0 Å². The third-order valence-corrected chi connectivity index (χ3v) is 21.1. The highest BCUT2D eigenvalue weighted by atomic mass is 15.1. The Kier molecular flexibility index (Phi) is 13.1. The molecule has 2 unspecified atom stereocenters. The molecule has 5 aliphatic carbocycles. The van der Waals surface area contributed by atoms with Gasteiger partial charge in [0.15, 0.2) is 0 Å². The van der Waals surface area contributed by atoms with Gasteiger partial charge in [-0.15, -0.1) is 0 Å². The molecule has 0 saturated heterocycles. The second-order valence-corrected chi connectivity index (χ2v) is 25.8. The number of para-hydroxylation sites is 1. The quantitative estimate of drug-likeness (QED) is 0.0790. The monoisotopic (exact) mass is 1090 g/mol. The van der Waals surface area contributed by atoms with Crippen LogP contribution in [-0.4, -0.2) is 0 Å². The molecule has 416 valence electrons. The van der Waals surface area contributed by atoms with Gasteiger partial charge in [-0.05, 0) is 232 Å². The Morgan fingerprint density at radius 3 is 1.23 bits per heavy atom. The topological polar surface area (TPSA) is 6.48 Å². The summed E-state index contributed by atoms with van der Waals surface area (Å²) in [6.07, 6.45) is 16.8. The molecule has 0 amide bonds. The van der Waals surface area contributed by atoms with Gasteiger partial charge in [0, 0.05) is 50.4 Å². The molecule has 0 aliphatic heterocycles. The van der Waals surface area contributed by atoms with E-state index in [0.29, 0.717) is 0 Å². The molecule has 5 aliphatic rings. The molecule has 15 rings (SSSR count). The molecular weight excluding hydrogens is 1010 g/mol. The van der Waals surface area contributed by atoms with Crippen molar-refractivity contribution in [2.24, 2.45) is 0 Å². The summed E-state index contributed by atoms with van der Waals surface area (Å²) in [6.45, 7) is 11.9. The Hall–Kier alpha value is -8.20. The Morgan fingerprint density at radius 1 is 0.310 bits per heavy atom. The van der Waals surface area contributed by atoms with Crippen LogP contribution in [0.3, 0.4) is 0 Å². The van der Waals surface area contributed by atoms with E-state index in [2.05, 4.69) is 257 Å². The van der Waals surface area contributed by atoms with E-state index in [9.17, 15) is 0 Å². The minimum atomic E-state index is -0.296. The summed E-state index contributed by atoms with van der Waals surface area (Å²) >= 11 is 0. The Bertz CT molecular complexity index is 4170. The van der Waals surface area contributed by atoms with Crippen molar-refractivity contribution in [2.45, 2.75) is 141 Å². The SMILES string of the molecule is CCCCCCC1(CCCCCC)c2cc(N(c3ccccc3)c3ccc4c(c3)-c3ccccc3C4(C)c3ccc4c(c3)CC4)ccc2-c2ccc(N(c3ccc(C)cc3)c3ccc4c(c3)C(C)(c3ccc5c(c3)CC5)c3ccccc3-4)cc21. The van der Waals surface area contributed by atoms with Gasteiger partial charge in [0.25, 0.3) is 0 Å². The molecule has 2 atom stereocenters. The first-order valence-electron chi connectivity index (χ1n) is 31.9. The number of aryl methyl sites for hydroxylation is 5. The molecule has 2 heteroatoms. The Morgan fingerprint density at radius 2 is 0.714 bits per heavy atom. The minimum absolute atomic E-state index is 0.178. The Labute approximate surface area is 499 Å². The number of anilines is 6. The lowest BCUT2D eigenvalue weighted by atomic mass is 9.70. The van der Waals surface area contributed by atoms with E-state index < -0.39 is 0 Å². The van der Waals surface area contributed by atoms with E-state index in [4.69, 9.17) is 0 Å². The average molecular weight is 1090 g/mol. The second-order valence-electron chi connectivity index (χ2n) is 25.8. The van der Waals surface area contributed by atoms with Crippen LogP contribution in [0.25, 0.3) is 33.4 Å². The molecule has 2 nitrogen and oxygen atoms in total. The Balaban J connectivity index is 0.885. The van der Waals surface area contributed by atoms with Gasteiger partial charge in [0.1, 0.15) is 0 Å². The zero-order valence-electron chi connectivity index (χ0n) is 50.0. The maximum absolute atomic E-state index is 2.65. The fourth-order valence-corrected chi connectivity index (χ4v) is 16.2. The summed E-state index contributed by atoms with van der Waals surface area (Å²) in [4.78, 5) is 5.13.